The highest BCUT2D eigenvalue weighted by molar-refractivity contribution is 6.04. The highest BCUT2D eigenvalue weighted by Gasteiger charge is 2.08. The lowest BCUT2D eigenvalue weighted by atomic mass is 10.2. The zero-order valence-electron chi connectivity index (χ0n) is 15.4. The van der Waals surface area contributed by atoms with E-state index < -0.39 is 6.09 Å². The molecule has 0 aliphatic heterocycles. The molecule has 0 saturated carbocycles. The number of carbonyl (C=O) groups is 2. The first-order valence-corrected chi connectivity index (χ1v) is 8.77. The van der Waals surface area contributed by atoms with E-state index in [0.717, 1.165) is 24.5 Å². The third kappa shape index (κ3) is 5.24. The summed E-state index contributed by atoms with van der Waals surface area (Å²) in [5.41, 5.74) is 2.94. The number of nitrogens with one attached hydrogen (secondary N) is 2. The lowest BCUT2D eigenvalue weighted by Gasteiger charge is -2.21. The molecule has 0 radical (unpaired) electrons. The fraction of sp³-hybridized carbons (Fsp3) is 0.300. The lowest BCUT2D eigenvalue weighted by Crippen LogP contribution is -2.21. The largest absolute Gasteiger partial charge is 0.450 e. The summed E-state index contributed by atoms with van der Waals surface area (Å²) in [5, 5.41) is 5.46. The molecule has 6 heteroatoms. The maximum absolute atomic E-state index is 12.3. The van der Waals surface area contributed by atoms with Crippen LogP contribution in [0, 0.1) is 0 Å². The predicted molar refractivity (Wildman–Crippen MR) is 105 cm³/mol. The van der Waals surface area contributed by atoms with Crippen molar-refractivity contribution in [2.24, 2.45) is 0 Å². The zero-order chi connectivity index (χ0) is 18.9. The van der Waals surface area contributed by atoms with Crippen molar-refractivity contribution in [3.05, 3.63) is 54.1 Å². The van der Waals surface area contributed by atoms with E-state index in [1.54, 1.807) is 31.2 Å². The molecule has 26 heavy (non-hydrogen) atoms. The second-order valence-corrected chi connectivity index (χ2v) is 5.60. The van der Waals surface area contributed by atoms with Crippen LogP contribution in [0.25, 0.3) is 0 Å². The monoisotopic (exact) mass is 355 g/mol. The molecule has 0 spiro atoms. The minimum atomic E-state index is -0.516. The van der Waals surface area contributed by atoms with Crippen molar-refractivity contribution >= 4 is 29.1 Å². The summed E-state index contributed by atoms with van der Waals surface area (Å²) in [7, 11) is 0. The van der Waals surface area contributed by atoms with Gasteiger partial charge in [0.2, 0.25) is 0 Å². The maximum Gasteiger partial charge on any atom is 0.411 e. The topological polar surface area (TPSA) is 70.7 Å². The number of rotatable bonds is 7. The Morgan fingerprint density at radius 2 is 1.38 bits per heavy atom. The third-order valence-corrected chi connectivity index (χ3v) is 3.92. The first kappa shape index (κ1) is 19.3. The van der Waals surface area contributed by atoms with E-state index in [2.05, 4.69) is 29.4 Å². The van der Waals surface area contributed by atoms with Crippen LogP contribution in [0.3, 0.4) is 0 Å². The van der Waals surface area contributed by atoms with E-state index in [1.807, 2.05) is 24.3 Å². The van der Waals surface area contributed by atoms with Gasteiger partial charge in [-0.1, -0.05) is 0 Å². The Hall–Kier alpha value is -3.02. The Morgan fingerprint density at radius 3 is 1.92 bits per heavy atom. The number of anilines is 3. The van der Waals surface area contributed by atoms with Gasteiger partial charge in [-0.2, -0.15) is 0 Å². The molecule has 2 rings (SSSR count). The Kier molecular flexibility index (Phi) is 7.02. The van der Waals surface area contributed by atoms with E-state index in [1.165, 1.54) is 0 Å². The van der Waals surface area contributed by atoms with Crippen LogP contribution >= 0.6 is 0 Å². The number of amides is 2. The van der Waals surface area contributed by atoms with E-state index in [4.69, 9.17) is 4.74 Å². The summed E-state index contributed by atoms with van der Waals surface area (Å²) in [4.78, 5) is 26.0. The second kappa shape index (κ2) is 9.46. The van der Waals surface area contributed by atoms with Crippen LogP contribution in [-0.2, 0) is 4.74 Å². The van der Waals surface area contributed by atoms with Crippen LogP contribution in [0.15, 0.2) is 48.5 Å². The number of nitrogens with zero attached hydrogens (tertiary/aromatic N) is 1. The van der Waals surface area contributed by atoms with Gasteiger partial charge in [-0.3, -0.25) is 10.1 Å². The molecule has 2 amide bonds. The molecule has 0 saturated heterocycles. The molecule has 0 heterocycles. The zero-order valence-corrected chi connectivity index (χ0v) is 15.4. The van der Waals surface area contributed by atoms with Crippen LogP contribution in [-0.4, -0.2) is 31.7 Å². The van der Waals surface area contributed by atoms with Gasteiger partial charge in [0.1, 0.15) is 0 Å². The minimum absolute atomic E-state index is 0.205. The molecule has 0 fully saturated rings. The summed E-state index contributed by atoms with van der Waals surface area (Å²) >= 11 is 0. The molecule has 0 aromatic heterocycles. The molecular formula is C20H25N3O3. The van der Waals surface area contributed by atoms with Gasteiger partial charge in [-0.25, -0.2) is 4.79 Å². The molecule has 0 bridgehead atoms. The Bertz CT molecular complexity index is 723. The molecule has 2 aromatic rings. The SMILES string of the molecule is CCOC(=O)Nc1ccc(C(=O)Nc2ccc(N(CC)CC)cc2)cc1. The standard InChI is InChI=1S/C20H25N3O3/c1-4-23(5-2)18-13-11-16(12-14-18)21-19(24)15-7-9-17(10-8-15)22-20(25)26-6-3/h7-14H,4-6H2,1-3H3,(H,21,24)(H,22,25). The van der Waals surface area contributed by atoms with E-state index in [-0.39, 0.29) is 5.91 Å². The van der Waals surface area contributed by atoms with E-state index >= 15 is 0 Å². The van der Waals surface area contributed by atoms with Gasteiger partial charge < -0.3 is 15.0 Å². The van der Waals surface area contributed by atoms with Crippen LogP contribution in [0.5, 0.6) is 0 Å². The van der Waals surface area contributed by atoms with Crippen molar-refractivity contribution in [3.63, 3.8) is 0 Å². The van der Waals surface area contributed by atoms with Crippen LogP contribution in [0.1, 0.15) is 31.1 Å². The molecule has 2 N–H and O–H groups in total. The van der Waals surface area contributed by atoms with E-state index in [9.17, 15) is 9.59 Å². The Morgan fingerprint density at radius 1 is 0.846 bits per heavy atom. The number of carbonyl (C=O) groups excluding carboxylic acids is 2. The van der Waals surface area contributed by atoms with Crippen LogP contribution < -0.4 is 15.5 Å². The lowest BCUT2D eigenvalue weighted by molar-refractivity contribution is 0.102. The smallest absolute Gasteiger partial charge is 0.411 e. The van der Waals surface area contributed by atoms with Gasteiger partial charge in [0.25, 0.3) is 5.91 Å². The van der Waals surface area contributed by atoms with Gasteiger partial charge in [-0.05, 0) is 69.3 Å². The van der Waals surface area contributed by atoms with Gasteiger partial charge in [0, 0.05) is 35.7 Å². The molecule has 0 unspecified atom stereocenters. The average Bonchev–Trinajstić information content (AvgIpc) is 2.65. The maximum atomic E-state index is 12.3. The number of hydrogen-bond acceptors (Lipinski definition) is 4. The second-order valence-electron chi connectivity index (χ2n) is 5.60. The van der Waals surface area contributed by atoms with Gasteiger partial charge in [0.05, 0.1) is 6.61 Å². The number of benzene rings is 2. The molecule has 6 nitrogen and oxygen atoms in total. The third-order valence-electron chi connectivity index (χ3n) is 3.92. The average molecular weight is 355 g/mol. The first-order valence-electron chi connectivity index (χ1n) is 8.77. The highest BCUT2D eigenvalue weighted by Crippen LogP contribution is 2.18. The van der Waals surface area contributed by atoms with Gasteiger partial charge >= 0.3 is 6.09 Å². The van der Waals surface area contributed by atoms with Crippen molar-refractivity contribution in [3.8, 4) is 0 Å². The number of hydrogen-bond donors (Lipinski definition) is 2. The predicted octanol–water partition coefficient (Wildman–Crippen LogP) is 4.35. The van der Waals surface area contributed by atoms with Gasteiger partial charge in [-0.15, -0.1) is 0 Å². The van der Waals surface area contributed by atoms with Crippen LogP contribution in [0.4, 0.5) is 21.9 Å². The highest BCUT2D eigenvalue weighted by atomic mass is 16.5. The van der Waals surface area contributed by atoms with Crippen molar-refractivity contribution in [2.45, 2.75) is 20.8 Å². The molecule has 138 valence electrons. The quantitative estimate of drug-likeness (QED) is 0.774. The summed E-state index contributed by atoms with van der Waals surface area (Å²) in [6, 6.07) is 14.4. The van der Waals surface area contributed by atoms with Crippen LogP contribution in [0.2, 0.25) is 0 Å². The summed E-state index contributed by atoms with van der Waals surface area (Å²) in [6.07, 6.45) is -0.516. The summed E-state index contributed by atoms with van der Waals surface area (Å²) < 4.78 is 4.81. The number of ether oxygens (including phenoxy) is 1. The van der Waals surface area contributed by atoms with Crippen molar-refractivity contribution in [2.75, 3.05) is 35.2 Å². The minimum Gasteiger partial charge on any atom is -0.450 e. The Balaban J connectivity index is 1.98. The molecular weight excluding hydrogens is 330 g/mol. The summed E-state index contributed by atoms with van der Waals surface area (Å²) in [6.45, 7) is 8.14. The molecule has 2 aromatic carbocycles. The summed E-state index contributed by atoms with van der Waals surface area (Å²) in [5.74, 6) is -0.205. The Labute approximate surface area is 154 Å². The fourth-order valence-corrected chi connectivity index (χ4v) is 2.54. The fourth-order valence-electron chi connectivity index (χ4n) is 2.54. The van der Waals surface area contributed by atoms with E-state index in [0.29, 0.717) is 17.9 Å². The molecule has 0 atom stereocenters. The normalized spacial score (nSPS) is 10.1. The molecule has 0 aliphatic rings. The molecule has 0 aliphatic carbocycles. The van der Waals surface area contributed by atoms with Crippen molar-refractivity contribution < 1.29 is 14.3 Å². The van der Waals surface area contributed by atoms with Crippen molar-refractivity contribution in [1.29, 1.82) is 0 Å². The van der Waals surface area contributed by atoms with Crippen molar-refractivity contribution in [1.82, 2.24) is 0 Å². The van der Waals surface area contributed by atoms with Gasteiger partial charge in [0.15, 0.2) is 0 Å². The first-order chi connectivity index (χ1) is 12.6.